The van der Waals surface area contributed by atoms with Crippen molar-refractivity contribution in [2.75, 3.05) is 36.5 Å². The molecule has 0 unspecified atom stereocenters. The Morgan fingerprint density at radius 2 is 2.04 bits per heavy atom. The number of morpholine rings is 1. The van der Waals surface area contributed by atoms with E-state index in [-0.39, 0.29) is 5.91 Å². The number of fused-ring (bicyclic) bond motifs is 1. The second-order valence-electron chi connectivity index (χ2n) is 6.24. The van der Waals surface area contributed by atoms with Crippen LogP contribution >= 0.6 is 11.6 Å². The van der Waals surface area contributed by atoms with Crippen molar-refractivity contribution in [1.29, 1.82) is 0 Å². The number of benzene rings is 1. The third-order valence-corrected chi connectivity index (χ3v) is 4.78. The molecule has 1 fully saturated rings. The highest BCUT2D eigenvalue weighted by atomic mass is 35.5. The second-order valence-corrected chi connectivity index (χ2v) is 6.64. The highest BCUT2D eigenvalue weighted by molar-refractivity contribution is 6.34. The van der Waals surface area contributed by atoms with Gasteiger partial charge in [0, 0.05) is 25.5 Å². The van der Waals surface area contributed by atoms with E-state index in [9.17, 15) is 4.79 Å². The standard InChI is InChI=1S/C19H19ClN4O2/c1-13-4-3-7-24-12-16(21-18(13)24)19(25)22-15-6-2-5-14(20)17(15)23-8-10-26-11-9-23/h2-7,12H,8-11H2,1H3,(H,22,25). The molecular formula is C19H19ClN4O2. The summed E-state index contributed by atoms with van der Waals surface area (Å²) >= 11 is 6.42. The van der Waals surface area contributed by atoms with Crippen LogP contribution in [0.1, 0.15) is 16.1 Å². The van der Waals surface area contributed by atoms with Crippen molar-refractivity contribution in [3.63, 3.8) is 0 Å². The van der Waals surface area contributed by atoms with Crippen LogP contribution in [0.5, 0.6) is 0 Å². The zero-order valence-corrected chi connectivity index (χ0v) is 15.2. The molecule has 134 valence electrons. The van der Waals surface area contributed by atoms with Crippen LogP contribution in [-0.4, -0.2) is 41.6 Å². The molecule has 7 heteroatoms. The number of para-hydroxylation sites is 1. The van der Waals surface area contributed by atoms with Gasteiger partial charge in [-0.25, -0.2) is 4.98 Å². The maximum Gasteiger partial charge on any atom is 0.275 e. The Morgan fingerprint density at radius 1 is 1.23 bits per heavy atom. The SMILES string of the molecule is Cc1cccn2cc(C(=O)Nc3cccc(Cl)c3N3CCOCC3)nc12. The molecule has 3 aromatic rings. The fraction of sp³-hybridized carbons (Fsp3) is 0.263. The molecule has 1 N–H and O–H groups in total. The van der Waals surface area contributed by atoms with Crippen LogP contribution in [0.2, 0.25) is 5.02 Å². The molecule has 4 rings (SSSR count). The zero-order chi connectivity index (χ0) is 18.1. The lowest BCUT2D eigenvalue weighted by molar-refractivity contribution is 0.102. The van der Waals surface area contributed by atoms with E-state index in [2.05, 4.69) is 15.2 Å². The number of anilines is 2. The first-order valence-electron chi connectivity index (χ1n) is 8.50. The van der Waals surface area contributed by atoms with Gasteiger partial charge >= 0.3 is 0 Å². The molecule has 2 aromatic heterocycles. The molecule has 0 bridgehead atoms. The first-order chi connectivity index (χ1) is 12.6. The number of nitrogens with zero attached hydrogens (tertiary/aromatic N) is 3. The van der Waals surface area contributed by atoms with Crippen molar-refractivity contribution >= 4 is 34.5 Å². The molecule has 0 radical (unpaired) electrons. The van der Waals surface area contributed by atoms with E-state index in [0.29, 0.717) is 29.6 Å². The fourth-order valence-corrected chi connectivity index (χ4v) is 3.47. The molecule has 1 amide bonds. The van der Waals surface area contributed by atoms with Gasteiger partial charge in [0.15, 0.2) is 0 Å². The van der Waals surface area contributed by atoms with E-state index in [1.54, 1.807) is 6.20 Å². The third-order valence-electron chi connectivity index (χ3n) is 4.47. The number of aryl methyl sites for hydroxylation is 1. The maximum atomic E-state index is 12.8. The molecule has 0 atom stereocenters. The number of pyridine rings is 1. The second kappa shape index (κ2) is 6.97. The first-order valence-corrected chi connectivity index (χ1v) is 8.88. The first kappa shape index (κ1) is 16.9. The number of aromatic nitrogens is 2. The Morgan fingerprint density at radius 3 is 2.81 bits per heavy atom. The molecule has 1 aliphatic rings. The van der Waals surface area contributed by atoms with Gasteiger partial charge in [-0.1, -0.05) is 23.7 Å². The highest BCUT2D eigenvalue weighted by Gasteiger charge is 2.20. The molecule has 1 saturated heterocycles. The van der Waals surface area contributed by atoms with Crippen molar-refractivity contribution in [3.05, 3.63) is 59.0 Å². The Hall–Kier alpha value is -2.57. The molecule has 1 aliphatic heterocycles. The molecule has 1 aromatic carbocycles. The van der Waals surface area contributed by atoms with E-state index in [1.807, 2.05) is 47.9 Å². The van der Waals surface area contributed by atoms with Gasteiger partial charge in [0.05, 0.1) is 29.6 Å². The summed E-state index contributed by atoms with van der Waals surface area (Å²) in [5.74, 6) is -0.259. The van der Waals surface area contributed by atoms with Crippen molar-refractivity contribution < 1.29 is 9.53 Å². The van der Waals surface area contributed by atoms with Crippen LogP contribution in [0.3, 0.4) is 0 Å². The number of ether oxygens (including phenoxy) is 1. The molecule has 26 heavy (non-hydrogen) atoms. The monoisotopic (exact) mass is 370 g/mol. The topological polar surface area (TPSA) is 58.9 Å². The van der Waals surface area contributed by atoms with E-state index < -0.39 is 0 Å². The lowest BCUT2D eigenvalue weighted by Gasteiger charge is -2.31. The largest absolute Gasteiger partial charge is 0.378 e. The van der Waals surface area contributed by atoms with E-state index in [0.717, 1.165) is 30.0 Å². The average molecular weight is 371 g/mol. The van der Waals surface area contributed by atoms with Crippen molar-refractivity contribution in [2.24, 2.45) is 0 Å². The predicted octanol–water partition coefficient (Wildman–Crippen LogP) is 3.39. The molecule has 0 saturated carbocycles. The van der Waals surface area contributed by atoms with Gasteiger partial charge < -0.3 is 19.4 Å². The Balaban J connectivity index is 1.64. The van der Waals surface area contributed by atoms with E-state index >= 15 is 0 Å². The number of amides is 1. The number of halogens is 1. The predicted molar refractivity (Wildman–Crippen MR) is 102 cm³/mol. The van der Waals surface area contributed by atoms with Crippen LogP contribution in [0.25, 0.3) is 5.65 Å². The molecule has 6 nitrogen and oxygen atoms in total. The van der Waals surface area contributed by atoms with Crippen LogP contribution < -0.4 is 10.2 Å². The van der Waals surface area contributed by atoms with Gasteiger partial charge in [0.1, 0.15) is 11.3 Å². The van der Waals surface area contributed by atoms with Crippen LogP contribution in [0, 0.1) is 6.92 Å². The fourth-order valence-electron chi connectivity index (χ4n) is 3.17. The minimum atomic E-state index is -0.259. The van der Waals surface area contributed by atoms with Gasteiger partial charge in [0.2, 0.25) is 0 Å². The maximum absolute atomic E-state index is 12.8. The average Bonchev–Trinajstić information content (AvgIpc) is 3.08. The van der Waals surface area contributed by atoms with E-state index in [4.69, 9.17) is 16.3 Å². The number of carbonyl (C=O) groups excluding carboxylic acids is 1. The lowest BCUT2D eigenvalue weighted by atomic mass is 10.2. The van der Waals surface area contributed by atoms with Crippen LogP contribution in [-0.2, 0) is 4.74 Å². The lowest BCUT2D eigenvalue weighted by Crippen LogP contribution is -2.37. The van der Waals surface area contributed by atoms with Crippen molar-refractivity contribution in [2.45, 2.75) is 6.92 Å². The van der Waals surface area contributed by atoms with Crippen molar-refractivity contribution in [3.8, 4) is 0 Å². The smallest absolute Gasteiger partial charge is 0.275 e. The van der Waals surface area contributed by atoms with Gasteiger partial charge in [-0.3, -0.25) is 4.79 Å². The number of nitrogens with one attached hydrogen (secondary N) is 1. The number of carbonyl (C=O) groups is 1. The van der Waals surface area contributed by atoms with Gasteiger partial charge in [-0.2, -0.15) is 0 Å². The zero-order valence-electron chi connectivity index (χ0n) is 14.4. The van der Waals surface area contributed by atoms with Crippen LogP contribution in [0.15, 0.2) is 42.7 Å². The summed E-state index contributed by atoms with van der Waals surface area (Å²) in [5, 5.41) is 3.57. The summed E-state index contributed by atoms with van der Waals surface area (Å²) in [6, 6.07) is 9.42. The molecular weight excluding hydrogens is 352 g/mol. The molecule has 0 aliphatic carbocycles. The molecule has 0 spiro atoms. The summed E-state index contributed by atoms with van der Waals surface area (Å²) in [7, 11) is 0. The quantitative estimate of drug-likeness (QED) is 0.767. The highest BCUT2D eigenvalue weighted by Crippen LogP contribution is 2.34. The van der Waals surface area contributed by atoms with Gasteiger partial charge in [-0.15, -0.1) is 0 Å². The van der Waals surface area contributed by atoms with Gasteiger partial charge in [-0.05, 0) is 30.7 Å². The summed E-state index contributed by atoms with van der Waals surface area (Å²) in [4.78, 5) is 19.4. The summed E-state index contributed by atoms with van der Waals surface area (Å²) in [5.41, 5.74) is 3.66. The minimum absolute atomic E-state index is 0.259. The normalized spacial score (nSPS) is 14.6. The number of imidazole rings is 1. The minimum Gasteiger partial charge on any atom is -0.378 e. The van der Waals surface area contributed by atoms with Crippen molar-refractivity contribution in [1.82, 2.24) is 9.38 Å². The number of rotatable bonds is 3. The number of hydrogen-bond acceptors (Lipinski definition) is 4. The summed E-state index contributed by atoms with van der Waals surface area (Å²) in [6.07, 6.45) is 3.61. The number of hydrogen-bond donors (Lipinski definition) is 1. The van der Waals surface area contributed by atoms with Crippen LogP contribution in [0.4, 0.5) is 11.4 Å². The Bertz CT molecular complexity index is 963. The Kier molecular flexibility index (Phi) is 4.53. The van der Waals surface area contributed by atoms with E-state index in [1.165, 1.54) is 0 Å². The van der Waals surface area contributed by atoms with Gasteiger partial charge in [0.25, 0.3) is 5.91 Å². The summed E-state index contributed by atoms with van der Waals surface area (Å²) in [6.45, 7) is 4.73. The Labute approximate surface area is 156 Å². The summed E-state index contributed by atoms with van der Waals surface area (Å²) < 4.78 is 7.26. The third kappa shape index (κ3) is 3.13. The molecule has 3 heterocycles.